The van der Waals surface area contributed by atoms with Crippen molar-refractivity contribution in [1.29, 1.82) is 0 Å². The van der Waals surface area contributed by atoms with E-state index in [0.29, 0.717) is 29.2 Å². The number of nitrogens with zero attached hydrogens (tertiary/aromatic N) is 1. The Hall–Kier alpha value is -4.19. The molecule has 1 unspecified atom stereocenters. The number of benzene rings is 3. The molecule has 0 aliphatic heterocycles. The number of para-hydroxylation sites is 3. The minimum atomic E-state index is -1.14. The van der Waals surface area contributed by atoms with Crippen LogP contribution in [0.1, 0.15) is 46.6 Å². The summed E-state index contributed by atoms with van der Waals surface area (Å²) in [6, 6.07) is 23.8. The number of aryl methyl sites for hydroxylation is 1. The Morgan fingerprint density at radius 1 is 0.943 bits per heavy atom. The van der Waals surface area contributed by atoms with E-state index in [-0.39, 0.29) is 0 Å². The van der Waals surface area contributed by atoms with Crippen LogP contribution in [-0.4, -0.2) is 23.5 Å². The molecule has 0 bridgehead atoms. The third-order valence-corrected chi connectivity index (χ3v) is 6.13. The fourth-order valence-corrected chi connectivity index (χ4v) is 4.56. The lowest BCUT2D eigenvalue weighted by Crippen LogP contribution is -2.26. The van der Waals surface area contributed by atoms with E-state index in [9.17, 15) is 9.59 Å². The quantitative estimate of drug-likeness (QED) is 0.356. The normalized spacial score (nSPS) is 13.2. The number of hydrogen-bond donors (Lipinski definition) is 1. The molecule has 0 fully saturated rings. The summed E-state index contributed by atoms with van der Waals surface area (Å²) >= 11 is 0. The van der Waals surface area contributed by atoms with E-state index in [0.717, 1.165) is 41.4 Å². The van der Waals surface area contributed by atoms with Gasteiger partial charge in [0, 0.05) is 16.6 Å². The minimum Gasteiger partial charge on any atom is -0.492 e. The molecule has 0 spiro atoms. The maximum Gasteiger partial charge on any atom is 0.340 e. The first-order valence-electron chi connectivity index (χ1n) is 11.8. The van der Waals surface area contributed by atoms with Crippen LogP contribution in [0, 0.1) is 0 Å². The monoisotopic (exact) mass is 466 g/mol. The molecule has 3 aromatic carbocycles. The highest BCUT2D eigenvalue weighted by Crippen LogP contribution is 2.33. The summed E-state index contributed by atoms with van der Waals surface area (Å²) < 4.78 is 11.6. The zero-order valence-electron chi connectivity index (χ0n) is 19.5. The molecule has 1 aliphatic rings. The molecule has 0 saturated carbocycles. The van der Waals surface area contributed by atoms with Crippen LogP contribution in [0.5, 0.6) is 5.75 Å². The van der Waals surface area contributed by atoms with Crippen molar-refractivity contribution in [2.24, 2.45) is 0 Å². The van der Waals surface area contributed by atoms with Crippen molar-refractivity contribution >= 4 is 28.5 Å². The van der Waals surface area contributed by atoms with E-state index in [4.69, 9.17) is 14.5 Å². The highest BCUT2D eigenvalue weighted by molar-refractivity contribution is 6.06. The Morgan fingerprint density at radius 2 is 1.69 bits per heavy atom. The first-order valence-corrected chi connectivity index (χ1v) is 11.8. The summed E-state index contributed by atoms with van der Waals surface area (Å²) in [7, 11) is 0. The lowest BCUT2D eigenvalue weighted by atomic mass is 10.0. The SMILES string of the molecule is CCOc1ccccc1NC(=O)C(OC(=O)c1c2c(nc3ccccc13)CCC2)c1ccccc1. The van der Waals surface area contributed by atoms with Gasteiger partial charge in [-0.25, -0.2) is 4.79 Å². The number of carbonyl (C=O) groups is 2. The smallest absolute Gasteiger partial charge is 0.340 e. The van der Waals surface area contributed by atoms with Crippen LogP contribution in [0.2, 0.25) is 0 Å². The standard InChI is InChI=1S/C29H26N2O4/c1-2-34-25-18-9-8-16-24(25)31-28(32)27(19-11-4-3-5-12-19)35-29(33)26-20-13-6-7-15-22(20)30-23-17-10-14-21(23)26/h3-9,11-13,15-16,18,27H,2,10,14,17H2,1H3,(H,31,32). The van der Waals surface area contributed by atoms with Gasteiger partial charge >= 0.3 is 5.97 Å². The molecule has 1 atom stereocenters. The summed E-state index contributed by atoms with van der Waals surface area (Å²) in [5.74, 6) is -0.421. The van der Waals surface area contributed by atoms with Gasteiger partial charge in [-0.1, -0.05) is 60.7 Å². The predicted octanol–water partition coefficient (Wildman–Crippen LogP) is 5.66. The largest absolute Gasteiger partial charge is 0.492 e. The number of esters is 1. The number of rotatable bonds is 7. The molecule has 6 nitrogen and oxygen atoms in total. The summed E-state index contributed by atoms with van der Waals surface area (Å²) in [6.45, 7) is 2.34. The molecule has 1 heterocycles. The summed E-state index contributed by atoms with van der Waals surface area (Å²) in [5, 5.41) is 3.63. The maximum absolute atomic E-state index is 13.7. The van der Waals surface area contributed by atoms with Gasteiger partial charge < -0.3 is 14.8 Å². The van der Waals surface area contributed by atoms with Gasteiger partial charge in [-0.3, -0.25) is 9.78 Å². The molecule has 1 aliphatic carbocycles. The zero-order chi connectivity index (χ0) is 24.2. The third-order valence-electron chi connectivity index (χ3n) is 6.13. The Labute approximate surface area is 203 Å². The molecule has 0 radical (unpaired) electrons. The van der Waals surface area contributed by atoms with Gasteiger partial charge in [-0.15, -0.1) is 0 Å². The van der Waals surface area contributed by atoms with Gasteiger partial charge in [-0.2, -0.15) is 0 Å². The van der Waals surface area contributed by atoms with Crippen molar-refractivity contribution in [1.82, 2.24) is 4.98 Å². The number of fused-ring (bicyclic) bond motifs is 2. The van der Waals surface area contributed by atoms with Crippen LogP contribution in [0.15, 0.2) is 78.9 Å². The van der Waals surface area contributed by atoms with Gasteiger partial charge in [0.1, 0.15) is 5.75 Å². The second kappa shape index (κ2) is 9.97. The highest BCUT2D eigenvalue weighted by atomic mass is 16.5. The van der Waals surface area contributed by atoms with Crippen LogP contribution in [0.4, 0.5) is 5.69 Å². The van der Waals surface area contributed by atoms with Gasteiger partial charge in [0.2, 0.25) is 6.10 Å². The Balaban J connectivity index is 1.51. The van der Waals surface area contributed by atoms with Crippen LogP contribution in [0.3, 0.4) is 0 Å². The van der Waals surface area contributed by atoms with Crippen LogP contribution in [-0.2, 0) is 22.4 Å². The van der Waals surface area contributed by atoms with Gasteiger partial charge in [0.15, 0.2) is 0 Å². The van der Waals surface area contributed by atoms with E-state index in [2.05, 4.69) is 5.32 Å². The highest BCUT2D eigenvalue weighted by Gasteiger charge is 2.30. The van der Waals surface area contributed by atoms with Crippen LogP contribution in [0.25, 0.3) is 10.9 Å². The number of nitrogens with one attached hydrogen (secondary N) is 1. The van der Waals surface area contributed by atoms with Crippen molar-refractivity contribution in [3.63, 3.8) is 0 Å². The molecule has 176 valence electrons. The maximum atomic E-state index is 13.7. The average Bonchev–Trinajstić information content (AvgIpc) is 3.35. The molecular weight excluding hydrogens is 440 g/mol. The lowest BCUT2D eigenvalue weighted by molar-refractivity contribution is -0.125. The molecule has 35 heavy (non-hydrogen) atoms. The summed E-state index contributed by atoms with van der Waals surface area (Å²) in [6.07, 6.45) is 1.40. The van der Waals surface area contributed by atoms with Crippen molar-refractivity contribution in [2.75, 3.05) is 11.9 Å². The third kappa shape index (κ3) is 4.60. The Kier molecular flexibility index (Phi) is 6.44. The number of ether oxygens (including phenoxy) is 2. The number of anilines is 1. The zero-order valence-corrected chi connectivity index (χ0v) is 19.5. The predicted molar refractivity (Wildman–Crippen MR) is 135 cm³/mol. The first kappa shape index (κ1) is 22.6. The van der Waals surface area contributed by atoms with Crippen molar-refractivity contribution in [3.05, 3.63) is 101 Å². The molecule has 5 rings (SSSR count). The minimum absolute atomic E-state index is 0.452. The number of aromatic nitrogens is 1. The van der Waals surface area contributed by atoms with Crippen molar-refractivity contribution < 1.29 is 19.1 Å². The first-order chi connectivity index (χ1) is 17.2. The van der Waals surface area contributed by atoms with E-state index in [1.54, 1.807) is 24.3 Å². The van der Waals surface area contributed by atoms with E-state index in [1.165, 1.54) is 0 Å². The fraction of sp³-hybridized carbons (Fsp3) is 0.207. The number of hydrogen-bond acceptors (Lipinski definition) is 5. The number of pyridine rings is 1. The van der Waals surface area contributed by atoms with Gasteiger partial charge in [0.25, 0.3) is 5.91 Å². The number of carbonyl (C=O) groups excluding carboxylic acids is 2. The summed E-state index contributed by atoms with van der Waals surface area (Å²) in [4.78, 5) is 31.9. The van der Waals surface area contributed by atoms with Crippen LogP contribution < -0.4 is 10.1 Å². The molecule has 1 N–H and O–H groups in total. The number of amides is 1. The second-order valence-corrected chi connectivity index (χ2v) is 8.40. The Bertz CT molecular complexity index is 1380. The molecule has 0 saturated heterocycles. The van der Waals surface area contributed by atoms with E-state index >= 15 is 0 Å². The fourth-order valence-electron chi connectivity index (χ4n) is 4.56. The van der Waals surface area contributed by atoms with Crippen molar-refractivity contribution in [2.45, 2.75) is 32.3 Å². The molecular formula is C29H26N2O4. The van der Waals surface area contributed by atoms with E-state index < -0.39 is 18.0 Å². The topological polar surface area (TPSA) is 77.5 Å². The molecule has 1 amide bonds. The molecule has 6 heteroatoms. The van der Waals surface area contributed by atoms with Gasteiger partial charge in [-0.05, 0) is 49.9 Å². The lowest BCUT2D eigenvalue weighted by Gasteiger charge is -2.20. The van der Waals surface area contributed by atoms with E-state index in [1.807, 2.05) is 61.5 Å². The van der Waals surface area contributed by atoms with Crippen molar-refractivity contribution in [3.8, 4) is 5.75 Å². The van der Waals surface area contributed by atoms with Gasteiger partial charge in [0.05, 0.1) is 23.4 Å². The Morgan fingerprint density at radius 3 is 2.51 bits per heavy atom. The summed E-state index contributed by atoms with van der Waals surface area (Å²) in [5.41, 5.74) is 4.22. The molecule has 4 aromatic rings. The van der Waals surface area contributed by atoms with Crippen LogP contribution >= 0.6 is 0 Å². The molecule has 1 aromatic heterocycles. The second-order valence-electron chi connectivity index (χ2n) is 8.40. The average molecular weight is 467 g/mol.